The first-order valence-corrected chi connectivity index (χ1v) is 9.29. The van der Waals surface area contributed by atoms with Gasteiger partial charge in [-0.25, -0.2) is 0 Å². The molecule has 1 amide bonds. The number of thioether (sulfide) groups is 1. The van der Waals surface area contributed by atoms with Crippen LogP contribution in [0.4, 0.5) is 5.69 Å². The Hall–Kier alpha value is -2.87. The van der Waals surface area contributed by atoms with Crippen molar-refractivity contribution >= 4 is 28.5 Å². The molecule has 0 radical (unpaired) electrons. The number of ether oxygens (including phenoxy) is 4. The van der Waals surface area contributed by atoms with Crippen LogP contribution in [0.3, 0.4) is 0 Å². The maximum absolute atomic E-state index is 12.8. The van der Waals surface area contributed by atoms with Gasteiger partial charge in [-0.1, -0.05) is 6.92 Å². The van der Waals surface area contributed by atoms with E-state index in [0.29, 0.717) is 45.6 Å². The molecule has 0 spiro atoms. The molecule has 0 bridgehead atoms. The number of anilines is 1. The molecule has 0 fully saturated rings. The second-order valence-corrected chi connectivity index (χ2v) is 6.61. The Labute approximate surface area is 168 Å². The van der Waals surface area contributed by atoms with Crippen molar-refractivity contribution in [2.75, 3.05) is 33.8 Å². The summed E-state index contributed by atoms with van der Waals surface area (Å²) in [5, 5.41) is 2.54. The molecule has 0 saturated heterocycles. The summed E-state index contributed by atoms with van der Waals surface area (Å²) in [6, 6.07) is 8.29. The number of rotatable bonds is 8. The standard InChI is InChI=1S/C20H23NO6S/c1-6-18(22)21-14-9-12(7-8-15(14)24-2)20(23)28-13-10-16(25-3)19(27-5)17(11-13)26-4/h7-11H,6H2,1-5H3,(H,21,22). The molecule has 0 atom stereocenters. The first kappa shape index (κ1) is 21.4. The van der Waals surface area contributed by atoms with Crippen LogP contribution in [0.5, 0.6) is 23.0 Å². The summed E-state index contributed by atoms with van der Waals surface area (Å²) >= 11 is 1.01. The van der Waals surface area contributed by atoms with E-state index in [2.05, 4.69) is 5.32 Å². The lowest BCUT2D eigenvalue weighted by Gasteiger charge is -2.14. The number of nitrogens with one attached hydrogen (secondary N) is 1. The molecule has 0 unspecified atom stereocenters. The molecule has 0 aliphatic rings. The fraction of sp³-hybridized carbons (Fsp3) is 0.300. The highest BCUT2D eigenvalue weighted by Crippen LogP contribution is 2.41. The predicted octanol–water partition coefficient (Wildman–Crippen LogP) is 4.00. The molecule has 0 aromatic heterocycles. The van der Waals surface area contributed by atoms with Crippen LogP contribution in [0.25, 0.3) is 0 Å². The highest BCUT2D eigenvalue weighted by atomic mass is 32.2. The van der Waals surface area contributed by atoms with Crippen molar-refractivity contribution in [1.82, 2.24) is 0 Å². The highest BCUT2D eigenvalue weighted by molar-refractivity contribution is 8.14. The summed E-state index contributed by atoms with van der Waals surface area (Å²) in [6.45, 7) is 1.75. The molecule has 0 heterocycles. The van der Waals surface area contributed by atoms with Gasteiger partial charge in [0.15, 0.2) is 11.5 Å². The monoisotopic (exact) mass is 405 g/mol. The van der Waals surface area contributed by atoms with Crippen molar-refractivity contribution in [3.8, 4) is 23.0 Å². The second-order valence-electron chi connectivity index (χ2n) is 5.57. The van der Waals surface area contributed by atoms with Crippen LogP contribution in [0.1, 0.15) is 23.7 Å². The Bertz CT molecular complexity index is 843. The van der Waals surface area contributed by atoms with E-state index >= 15 is 0 Å². The minimum Gasteiger partial charge on any atom is -0.495 e. The van der Waals surface area contributed by atoms with E-state index in [0.717, 1.165) is 11.8 Å². The molecule has 2 aromatic rings. The fourth-order valence-corrected chi connectivity index (χ4v) is 3.24. The van der Waals surface area contributed by atoms with Crippen LogP contribution in [0.2, 0.25) is 0 Å². The van der Waals surface area contributed by atoms with Crippen LogP contribution in [0, 0.1) is 0 Å². The van der Waals surface area contributed by atoms with Gasteiger partial charge in [-0.15, -0.1) is 0 Å². The lowest BCUT2D eigenvalue weighted by atomic mass is 10.2. The zero-order valence-electron chi connectivity index (χ0n) is 16.5. The van der Waals surface area contributed by atoms with E-state index in [9.17, 15) is 9.59 Å². The molecule has 150 valence electrons. The van der Waals surface area contributed by atoms with Crippen LogP contribution in [0.15, 0.2) is 35.2 Å². The lowest BCUT2D eigenvalue weighted by molar-refractivity contribution is -0.115. The summed E-state index contributed by atoms with van der Waals surface area (Å²) < 4.78 is 21.2. The SMILES string of the molecule is CCC(=O)Nc1cc(C(=O)Sc2cc(OC)c(OC)c(OC)c2)ccc1OC. The maximum atomic E-state index is 12.8. The van der Waals surface area contributed by atoms with E-state index in [4.69, 9.17) is 18.9 Å². The van der Waals surface area contributed by atoms with Gasteiger partial charge in [-0.05, 0) is 42.1 Å². The molecule has 28 heavy (non-hydrogen) atoms. The van der Waals surface area contributed by atoms with Crippen LogP contribution in [-0.4, -0.2) is 39.5 Å². The molecule has 8 heteroatoms. The van der Waals surface area contributed by atoms with Crippen molar-refractivity contribution in [2.24, 2.45) is 0 Å². The number of benzene rings is 2. The van der Waals surface area contributed by atoms with E-state index in [1.165, 1.54) is 28.4 Å². The summed E-state index contributed by atoms with van der Waals surface area (Å²) in [5.41, 5.74) is 0.872. The fourth-order valence-electron chi connectivity index (χ4n) is 2.45. The average Bonchev–Trinajstić information content (AvgIpc) is 2.72. The number of amides is 1. The van der Waals surface area contributed by atoms with Gasteiger partial charge in [0, 0.05) is 16.9 Å². The quantitative estimate of drug-likeness (QED) is 0.665. The number of carbonyl (C=O) groups excluding carboxylic acids is 2. The third kappa shape index (κ3) is 4.89. The van der Waals surface area contributed by atoms with Gasteiger partial charge in [-0.3, -0.25) is 9.59 Å². The van der Waals surface area contributed by atoms with E-state index in [1.54, 1.807) is 37.3 Å². The van der Waals surface area contributed by atoms with Crippen LogP contribution >= 0.6 is 11.8 Å². The molecule has 7 nitrogen and oxygen atoms in total. The zero-order chi connectivity index (χ0) is 20.7. The number of carbonyl (C=O) groups is 2. The smallest absolute Gasteiger partial charge is 0.224 e. The maximum Gasteiger partial charge on any atom is 0.224 e. The Balaban J connectivity index is 2.32. The largest absolute Gasteiger partial charge is 0.495 e. The molecule has 2 rings (SSSR count). The minimum atomic E-state index is -0.205. The highest BCUT2D eigenvalue weighted by Gasteiger charge is 2.17. The lowest BCUT2D eigenvalue weighted by Crippen LogP contribution is -2.11. The minimum absolute atomic E-state index is 0.167. The topological polar surface area (TPSA) is 83.1 Å². The van der Waals surface area contributed by atoms with Crippen LogP contribution < -0.4 is 24.3 Å². The Morgan fingerprint density at radius 2 is 1.50 bits per heavy atom. The van der Waals surface area contributed by atoms with Gasteiger partial charge < -0.3 is 24.3 Å². The van der Waals surface area contributed by atoms with Gasteiger partial charge >= 0.3 is 0 Å². The molecular weight excluding hydrogens is 382 g/mol. The van der Waals surface area contributed by atoms with Crippen molar-refractivity contribution in [2.45, 2.75) is 18.2 Å². The van der Waals surface area contributed by atoms with Gasteiger partial charge in [0.05, 0.1) is 34.1 Å². The number of methoxy groups -OCH3 is 4. The van der Waals surface area contributed by atoms with Gasteiger partial charge in [0.25, 0.3) is 0 Å². The van der Waals surface area contributed by atoms with Gasteiger partial charge in [0.2, 0.25) is 16.8 Å². The van der Waals surface area contributed by atoms with E-state index in [-0.39, 0.29) is 11.0 Å². The molecule has 2 aromatic carbocycles. The molecule has 0 aliphatic heterocycles. The Morgan fingerprint density at radius 3 is 2.00 bits per heavy atom. The van der Waals surface area contributed by atoms with Crippen LogP contribution in [-0.2, 0) is 4.79 Å². The van der Waals surface area contributed by atoms with Crippen molar-refractivity contribution in [3.05, 3.63) is 35.9 Å². The molecule has 0 aliphatic carbocycles. The zero-order valence-corrected chi connectivity index (χ0v) is 17.3. The normalized spacial score (nSPS) is 10.2. The third-order valence-corrected chi connectivity index (χ3v) is 4.77. The average molecular weight is 405 g/mol. The van der Waals surface area contributed by atoms with Gasteiger partial charge in [0.1, 0.15) is 5.75 Å². The summed E-state index contributed by atoms with van der Waals surface area (Å²) in [4.78, 5) is 25.1. The van der Waals surface area contributed by atoms with Crippen molar-refractivity contribution in [3.63, 3.8) is 0 Å². The van der Waals surface area contributed by atoms with E-state index < -0.39 is 0 Å². The van der Waals surface area contributed by atoms with E-state index in [1.807, 2.05) is 0 Å². The summed E-state index contributed by atoms with van der Waals surface area (Å²) in [6.07, 6.45) is 0.321. The van der Waals surface area contributed by atoms with Gasteiger partial charge in [-0.2, -0.15) is 0 Å². The number of hydrogen-bond acceptors (Lipinski definition) is 7. The summed E-state index contributed by atoms with van der Waals surface area (Å²) in [5.74, 6) is 1.69. The third-order valence-electron chi connectivity index (χ3n) is 3.88. The molecule has 0 saturated carbocycles. The molecule has 1 N–H and O–H groups in total. The Kier molecular flexibility index (Phi) is 7.57. The molecular formula is C20H23NO6S. The van der Waals surface area contributed by atoms with Crippen molar-refractivity contribution < 1.29 is 28.5 Å². The second kappa shape index (κ2) is 9.89. The predicted molar refractivity (Wildman–Crippen MR) is 108 cm³/mol. The Morgan fingerprint density at radius 1 is 0.893 bits per heavy atom. The first-order valence-electron chi connectivity index (χ1n) is 8.47. The first-order chi connectivity index (χ1) is 13.5. The number of hydrogen-bond donors (Lipinski definition) is 1. The van der Waals surface area contributed by atoms with Crippen molar-refractivity contribution in [1.29, 1.82) is 0 Å². The summed E-state index contributed by atoms with van der Waals surface area (Å²) in [7, 11) is 6.05.